The van der Waals surface area contributed by atoms with Gasteiger partial charge in [-0.05, 0) is 17.7 Å². The predicted molar refractivity (Wildman–Crippen MR) is 44.1 cm³/mol. The monoisotopic (exact) mass is 236 g/mol. The van der Waals surface area contributed by atoms with E-state index in [4.69, 9.17) is 16.3 Å². The topological polar surface area (TPSA) is 52.7 Å². The van der Waals surface area contributed by atoms with Crippen molar-refractivity contribution in [1.29, 1.82) is 0 Å². The molecule has 1 heterocycles. The largest absolute Gasteiger partial charge is 1.00 e. The Hall–Kier alpha value is 0.576. The molecule has 1 aromatic carbocycles. The molecule has 2 unspecified atom stereocenters. The third kappa shape index (κ3) is 2.79. The molecule has 0 amide bonds. The zero-order valence-corrected chi connectivity index (χ0v) is 11.4. The normalized spacial score (nSPS) is 23.8. The maximum Gasteiger partial charge on any atom is 1.00 e. The summed E-state index contributed by atoms with van der Waals surface area (Å²) in [6.45, 7) is 0. The molecule has 0 radical (unpaired) electrons. The number of hydrogen-bond donors (Lipinski definition) is 0. The van der Waals surface area contributed by atoms with Gasteiger partial charge in [-0.25, -0.2) is 0 Å². The molecular weight excluding hydrogens is 231 g/mol. The van der Waals surface area contributed by atoms with E-state index in [-0.39, 0.29) is 57.5 Å². The van der Waals surface area contributed by atoms with E-state index in [1.54, 1.807) is 24.3 Å². The average molecular weight is 237 g/mol. The van der Waals surface area contributed by atoms with E-state index in [1.165, 1.54) is 0 Å². The summed E-state index contributed by atoms with van der Waals surface area (Å²) in [5, 5.41) is 11.0. The van der Waals surface area contributed by atoms with Gasteiger partial charge in [0, 0.05) is 5.02 Å². The molecule has 0 saturated carbocycles. The summed E-state index contributed by atoms with van der Waals surface area (Å²) in [6.07, 6.45) is -1.15. The van der Waals surface area contributed by atoms with E-state index in [9.17, 15) is 9.90 Å². The molecule has 1 aromatic rings. The zero-order valence-electron chi connectivity index (χ0n) is 7.57. The van der Waals surface area contributed by atoms with Crippen LogP contribution in [0.5, 0.6) is 0 Å². The fourth-order valence-electron chi connectivity index (χ4n) is 1.20. The summed E-state index contributed by atoms with van der Waals surface area (Å²) in [5.74, 6) is -1.17. The number of rotatable bonds is 2. The number of carboxylic acid groups (broad SMARTS) is 1. The molecule has 3 nitrogen and oxygen atoms in total. The first-order chi connectivity index (χ1) is 6.18. The summed E-state index contributed by atoms with van der Waals surface area (Å²) in [4.78, 5) is 10.4. The smallest absolute Gasteiger partial charge is 0.547 e. The Morgan fingerprint density at radius 3 is 2.36 bits per heavy atom. The standard InChI is InChI=1S/C9H7ClO3.K/c10-6-3-1-5(2-4-6)7-8(13-7)9(11)12;/h1-4,7-8H,(H,11,12);/q;+1/p-1. The van der Waals surface area contributed by atoms with Crippen molar-refractivity contribution in [1.82, 2.24) is 0 Å². The summed E-state index contributed by atoms with van der Waals surface area (Å²) in [5.41, 5.74) is 0.818. The van der Waals surface area contributed by atoms with Crippen molar-refractivity contribution in [2.45, 2.75) is 12.2 Å². The number of aliphatic carboxylic acids is 1. The van der Waals surface area contributed by atoms with Gasteiger partial charge in [0.05, 0.1) is 5.97 Å². The molecule has 0 aliphatic carbocycles. The number of hydrogen-bond acceptors (Lipinski definition) is 3. The fraction of sp³-hybridized carbons (Fsp3) is 0.222. The van der Waals surface area contributed by atoms with Crippen LogP contribution in [0.1, 0.15) is 11.7 Å². The Bertz CT molecular complexity index is 338. The number of carbonyl (C=O) groups is 1. The van der Waals surface area contributed by atoms with Crippen LogP contribution in [0.2, 0.25) is 5.02 Å². The van der Waals surface area contributed by atoms with Crippen molar-refractivity contribution < 1.29 is 66.0 Å². The SMILES string of the molecule is O=C([O-])C1OC1c1ccc(Cl)cc1.[K+]. The van der Waals surface area contributed by atoms with Gasteiger partial charge in [-0.15, -0.1) is 0 Å². The molecule has 0 N–H and O–H groups in total. The Morgan fingerprint density at radius 1 is 1.36 bits per heavy atom. The van der Waals surface area contributed by atoms with E-state index in [0.717, 1.165) is 5.56 Å². The van der Waals surface area contributed by atoms with Crippen molar-refractivity contribution in [3.8, 4) is 0 Å². The second kappa shape index (κ2) is 5.07. The van der Waals surface area contributed by atoms with Gasteiger partial charge in [-0.3, -0.25) is 0 Å². The zero-order chi connectivity index (χ0) is 9.42. The predicted octanol–water partition coefficient (Wildman–Crippen LogP) is -2.47. The van der Waals surface area contributed by atoms with E-state index >= 15 is 0 Å². The molecular formula is C9H6ClKO3. The molecule has 0 bridgehead atoms. The Kier molecular flexibility index (Phi) is 4.58. The number of carbonyl (C=O) groups excluding carboxylic acids is 1. The summed E-state index contributed by atoms with van der Waals surface area (Å²) < 4.78 is 4.90. The molecule has 1 fully saturated rings. The van der Waals surface area contributed by atoms with Crippen molar-refractivity contribution in [3.05, 3.63) is 34.9 Å². The van der Waals surface area contributed by atoms with Crippen LogP contribution in [0.3, 0.4) is 0 Å². The van der Waals surface area contributed by atoms with Crippen LogP contribution >= 0.6 is 11.6 Å². The van der Waals surface area contributed by atoms with E-state index < -0.39 is 12.1 Å². The molecule has 2 rings (SSSR count). The van der Waals surface area contributed by atoms with Gasteiger partial charge in [0.1, 0.15) is 12.2 Å². The number of halogens is 1. The minimum atomic E-state index is -1.17. The van der Waals surface area contributed by atoms with E-state index in [1.807, 2.05) is 0 Å². The Labute approximate surface area is 129 Å². The molecule has 2 atom stereocenters. The molecule has 68 valence electrons. The van der Waals surface area contributed by atoms with Gasteiger partial charge in [-0.2, -0.15) is 0 Å². The molecule has 1 saturated heterocycles. The van der Waals surface area contributed by atoms with E-state index in [0.29, 0.717) is 5.02 Å². The van der Waals surface area contributed by atoms with Crippen LogP contribution in [0.25, 0.3) is 0 Å². The van der Waals surface area contributed by atoms with Crippen LogP contribution in [0.15, 0.2) is 24.3 Å². The van der Waals surface area contributed by atoms with Crippen molar-refractivity contribution >= 4 is 17.6 Å². The average Bonchev–Trinajstić information content (AvgIpc) is 2.85. The van der Waals surface area contributed by atoms with Gasteiger partial charge in [0.2, 0.25) is 0 Å². The Balaban J connectivity index is 0.000000980. The summed E-state index contributed by atoms with van der Waals surface area (Å²) in [7, 11) is 0. The Morgan fingerprint density at radius 2 is 1.93 bits per heavy atom. The number of carboxylic acids is 1. The van der Waals surface area contributed by atoms with Crippen LogP contribution in [0.4, 0.5) is 0 Å². The minimum Gasteiger partial charge on any atom is -0.547 e. The minimum absolute atomic E-state index is 0. The molecule has 0 aromatic heterocycles. The van der Waals surface area contributed by atoms with Crippen LogP contribution in [-0.2, 0) is 9.53 Å². The van der Waals surface area contributed by atoms with E-state index in [2.05, 4.69) is 0 Å². The summed E-state index contributed by atoms with van der Waals surface area (Å²) in [6, 6.07) is 6.89. The fourth-order valence-corrected chi connectivity index (χ4v) is 1.32. The van der Waals surface area contributed by atoms with Gasteiger partial charge < -0.3 is 14.6 Å². The third-order valence-electron chi connectivity index (χ3n) is 1.92. The van der Waals surface area contributed by atoms with Gasteiger partial charge in [0.25, 0.3) is 0 Å². The van der Waals surface area contributed by atoms with Gasteiger partial charge >= 0.3 is 51.4 Å². The third-order valence-corrected chi connectivity index (χ3v) is 2.17. The molecule has 1 aliphatic rings. The van der Waals surface area contributed by atoms with Crippen molar-refractivity contribution in [3.63, 3.8) is 0 Å². The first-order valence-corrected chi connectivity index (χ1v) is 4.18. The quantitative estimate of drug-likeness (QED) is 0.423. The maximum absolute atomic E-state index is 10.4. The van der Waals surface area contributed by atoms with Crippen LogP contribution in [-0.4, -0.2) is 12.1 Å². The van der Waals surface area contributed by atoms with Crippen LogP contribution in [0, 0.1) is 0 Å². The molecule has 14 heavy (non-hydrogen) atoms. The first kappa shape index (κ1) is 12.6. The van der Waals surface area contributed by atoms with Crippen molar-refractivity contribution in [2.24, 2.45) is 0 Å². The molecule has 0 spiro atoms. The van der Waals surface area contributed by atoms with Gasteiger partial charge in [0.15, 0.2) is 0 Å². The first-order valence-electron chi connectivity index (χ1n) is 3.80. The van der Waals surface area contributed by atoms with Crippen molar-refractivity contribution in [2.75, 3.05) is 0 Å². The van der Waals surface area contributed by atoms with Crippen LogP contribution < -0.4 is 56.5 Å². The van der Waals surface area contributed by atoms with Gasteiger partial charge in [-0.1, -0.05) is 23.7 Å². The molecule has 1 aliphatic heterocycles. The number of benzene rings is 1. The molecule has 5 heteroatoms. The summed E-state index contributed by atoms with van der Waals surface area (Å²) >= 11 is 5.67. The second-order valence-corrected chi connectivity index (χ2v) is 3.28. The number of epoxide rings is 1. The maximum atomic E-state index is 10.4. The number of ether oxygens (including phenoxy) is 1. The second-order valence-electron chi connectivity index (χ2n) is 2.85.